The molecule has 1 fully saturated rings. The summed E-state index contributed by atoms with van der Waals surface area (Å²) in [6.45, 7) is 4.58. The highest BCUT2D eigenvalue weighted by atomic mass is 16.5. The summed E-state index contributed by atoms with van der Waals surface area (Å²) in [6.07, 6.45) is 9.75. The van der Waals surface area contributed by atoms with E-state index >= 15 is 0 Å². The first-order chi connectivity index (χ1) is 11.3. The predicted octanol–water partition coefficient (Wildman–Crippen LogP) is 1.97. The second-order valence-electron chi connectivity index (χ2n) is 5.85. The molecule has 1 saturated heterocycles. The number of methoxy groups -OCH3 is 1. The zero-order chi connectivity index (χ0) is 15.9. The van der Waals surface area contributed by atoms with Crippen molar-refractivity contribution in [2.24, 2.45) is 0 Å². The minimum atomic E-state index is 0.286. The van der Waals surface area contributed by atoms with E-state index in [1.54, 1.807) is 19.5 Å². The fraction of sp³-hybridized carbons (Fsp3) is 0.529. The van der Waals surface area contributed by atoms with Crippen molar-refractivity contribution in [2.75, 3.05) is 26.8 Å². The number of hydrogen-bond donors (Lipinski definition) is 0. The fourth-order valence-electron chi connectivity index (χ4n) is 2.89. The average Bonchev–Trinajstić information content (AvgIpc) is 3.03. The van der Waals surface area contributed by atoms with Crippen LogP contribution in [0.4, 0.5) is 0 Å². The molecule has 0 radical (unpaired) electrons. The summed E-state index contributed by atoms with van der Waals surface area (Å²) in [5, 5.41) is 0. The summed E-state index contributed by atoms with van der Waals surface area (Å²) in [5.74, 6) is 0.864. The van der Waals surface area contributed by atoms with Gasteiger partial charge in [0.2, 0.25) is 0 Å². The normalized spacial score (nSPS) is 16.6. The number of pyridine rings is 1. The third-order valence-electron chi connectivity index (χ3n) is 4.19. The molecular formula is C17H24N4O2. The van der Waals surface area contributed by atoms with Gasteiger partial charge in [-0.3, -0.25) is 9.88 Å². The van der Waals surface area contributed by atoms with Gasteiger partial charge >= 0.3 is 0 Å². The summed E-state index contributed by atoms with van der Waals surface area (Å²) in [5.41, 5.74) is 1.24. The molecule has 0 spiro atoms. The molecule has 3 heterocycles. The van der Waals surface area contributed by atoms with Crippen LogP contribution in [0.3, 0.4) is 0 Å². The van der Waals surface area contributed by atoms with Crippen molar-refractivity contribution >= 4 is 0 Å². The first kappa shape index (κ1) is 16.0. The van der Waals surface area contributed by atoms with Gasteiger partial charge < -0.3 is 14.0 Å². The van der Waals surface area contributed by atoms with Gasteiger partial charge in [-0.2, -0.15) is 0 Å². The minimum absolute atomic E-state index is 0.286. The highest BCUT2D eigenvalue weighted by molar-refractivity contribution is 5.16. The van der Waals surface area contributed by atoms with Crippen molar-refractivity contribution in [3.63, 3.8) is 0 Å². The second-order valence-corrected chi connectivity index (χ2v) is 5.85. The SMILES string of the molecule is COCCn1cncc1CN1CCC(Oc2cccnc2)CC1. The van der Waals surface area contributed by atoms with Crippen LogP contribution in [0.2, 0.25) is 0 Å². The molecule has 3 rings (SSSR count). The molecule has 0 aliphatic carbocycles. The van der Waals surface area contributed by atoms with Crippen molar-refractivity contribution in [3.8, 4) is 5.75 Å². The zero-order valence-electron chi connectivity index (χ0n) is 13.6. The first-order valence-corrected chi connectivity index (χ1v) is 8.12. The van der Waals surface area contributed by atoms with Crippen LogP contribution in [0.5, 0.6) is 5.75 Å². The Morgan fingerprint density at radius 3 is 2.83 bits per heavy atom. The minimum Gasteiger partial charge on any atom is -0.489 e. The number of likely N-dealkylation sites (tertiary alicyclic amines) is 1. The molecule has 6 nitrogen and oxygen atoms in total. The number of nitrogens with zero attached hydrogens (tertiary/aromatic N) is 4. The van der Waals surface area contributed by atoms with E-state index in [4.69, 9.17) is 9.47 Å². The Morgan fingerprint density at radius 1 is 1.22 bits per heavy atom. The second kappa shape index (κ2) is 8.08. The van der Waals surface area contributed by atoms with Gasteiger partial charge in [-0.25, -0.2) is 4.98 Å². The zero-order valence-corrected chi connectivity index (χ0v) is 13.6. The largest absolute Gasteiger partial charge is 0.489 e. The van der Waals surface area contributed by atoms with Crippen LogP contribution in [0.25, 0.3) is 0 Å². The van der Waals surface area contributed by atoms with Gasteiger partial charge in [0.1, 0.15) is 11.9 Å². The molecule has 2 aromatic heterocycles. The third kappa shape index (κ3) is 4.53. The topological polar surface area (TPSA) is 52.4 Å². The number of hydrogen-bond acceptors (Lipinski definition) is 5. The van der Waals surface area contributed by atoms with Crippen LogP contribution in [0.1, 0.15) is 18.5 Å². The fourth-order valence-corrected chi connectivity index (χ4v) is 2.89. The Morgan fingerprint density at radius 2 is 2.09 bits per heavy atom. The van der Waals surface area contributed by atoms with Gasteiger partial charge in [-0.05, 0) is 25.0 Å². The van der Waals surface area contributed by atoms with Gasteiger partial charge in [0, 0.05) is 45.7 Å². The van der Waals surface area contributed by atoms with Crippen LogP contribution in [0, 0.1) is 0 Å². The summed E-state index contributed by atoms with van der Waals surface area (Å²) < 4.78 is 13.3. The van der Waals surface area contributed by atoms with Crippen LogP contribution >= 0.6 is 0 Å². The Bertz CT molecular complexity index is 579. The van der Waals surface area contributed by atoms with Crippen molar-refractivity contribution < 1.29 is 9.47 Å². The number of imidazole rings is 1. The summed E-state index contributed by atoms with van der Waals surface area (Å²) in [6, 6.07) is 3.87. The molecule has 6 heteroatoms. The molecule has 2 aromatic rings. The molecule has 0 saturated carbocycles. The quantitative estimate of drug-likeness (QED) is 0.782. The van der Waals surface area contributed by atoms with E-state index in [-0.39, 0.29) is 6.10 Å². The monoisotopic (exact) mass is 316 g/mol. The highest BCUT2D eigenvalue weighted by Gasteiger charge is 2.21. The number of ether oxygens (including phenoxy) is 2. The Hall–Kier alpha value is -1.92. The molecular weight excluding hydrogens is 292 g/mol. The molecule has 1 aliphatic rings. The number of piperidine rings is 1. The van der Waals surface area contributed by atoms with E-state index in [1.807, 2.05) is 24.7 Å². The lowest BCUT2D eigenvalue weighted by molar-refractivity contribution is 0.0948. The average molecular weight is 316 g/mol. The molecule has 0 amide bonds. The smallest absolute Gasteiger partial charge is 0.137 e. The van der Waals surface area contributed by atoms with Gasteiger partial charge in [0.25, 0.3) is 0 Å². The number of aromatic nitrogens is 3. The van der Waals surface area contributed by atoms with Gasteiger partial charge in [0.05, 0.1) is 24.8 Å². The van der Waals surface area contributed by atoms with Crippen molar-refractivity contribution in [2.45, 2.75) is 32.0 Å². The molecule has 1 aliphatic heterocycles. The first-order valence-electron chi connectivity index (χ1n) is 8.12. The summed E-state index contributed by atoms with van der Waals surface area (Å²) in [4.78, 5) is 10.8. The van der Waals surface area contributed by atoms with Crippen molar-refractivity contribution in [1.82, 2.24) is 19.4 Å². The van der Waals surface area contributed by atoms with E-state index in [2.05, 4.69) is 19.4 Å². The maximum atomic E-state index is 5.99. The third-order valence-corrected chi connectivity index (χ3v) is 4.19. The van der Waals surface area contributed by atoms with Crippen LogP contribution < -0.4 is 4.74 Å². The Balaban J connectivity index is 1.47. The van der Waals surface area contributed by atoms with E-state index in [0.717, 1.165) is 44.8 Å². The predicted molar refractivity (Wildman–Crippen MR) is 87.3 cm³/mol. The summed E-state index contributed by atoms with van der Waals surface area (Å²) >= 11 is 0. The van der Waals surface area contributed by atoms with E-state index in [0.29, 0.717) is 6.61 Å². The number of rotatable bonds is 7. The maximum Gasteiger partial charge on any atom is 0.137 e. The highest BCUT2D eigenvalue weighted by Crippen LogP contribution is 2.19. The molecule has 0 N–H and O–H groups in total. The van der Waals surface area contributed by atoms with Gasteiger partial charge in [0.15, 0.2) is 0 Å². The lowest BCUT2D eigenvalue weighted by Gasteiger charge is -2.32. The molecule has 0 atom stereocenters. The molecule has 0 aromatic carbocycles. The lowest BCUT2D eigenvalue weighted by atomic mass is 10.1. The Labute approximate surface area is 137 Å². The maximum absolute atomic E-state index is 5.99. The van der Waals surface area contributed by atoms with Crippen LogP contribution in [-0.2, 0) is 17.8 Å². The van der Waals surface area contributed by atoms with E-state index in [9.17, 15) is 0 Å². The van der Waals surface area contributed by atoms with Gasteiger partial charge in [-0.1, -0.05) is 0 Å². The standard InChI is InChI=1S/C17H24N4O2/c1-22-10-9-21-14-19-11-15(21)13-20-7-4-16(5-8-20)23-17-3-2-6-18-12-17/h2-3,6,11-12,14,16H,4-5,7-10,13H2,1H3. The summed E-state index contributed by atoms with van der Waals surface area (Å²) in [7, 11) is 1.73. The lowest BCUT2D eigenvalue weighted by Crippen LogP contribution is -2.38. The van der Waals surface area contributed by atoms with Gasteiger partial charge in [-0.15, -0.1) is 0 Å². The Kier molecular flexibility index (Phi) is 5.60. The van der Waals surface area contributed by atoms with Crippen molar-refractivity contribution in [3.05, 3.63) is 42.7 Å². The molecule has 23 heavy (non-hydrogen) atoms. The molecule has 0 unspecified atom stereocenters. The molecule has 124 valence electrons. The van der Waals surface area contributed by atoms with E-state index < -0.39 is 0 Å². The van der Waals surface area contributed by atoms with E-state index in [1.165, 1.54) is 5.69 Å². The van der Waals surface area contributed by atoms with Crippen molar-refractivity contribution in [1.29, 1.82) is 0 Å². The van der Waals surface area contributed by atoms with Crippen LogP contribution in [-0.4, -0.2) is 52.3 Å². The molecule has 0 bridgehead atoms. The van der Waals surface area contributed by atoms with Crippen LogP contribution in [0.15, 0.2) is 37.1 Å².